The fraction of sp³-hybridized carbons (Fsp3) is 0.310. The van der Waals surface area contributed by atoms with E-state index in [4.69, 9.17) is 4.74 Å². The molecule has 2 aromatic carbocycles. The van der Waals surface area contributed by atoms with E-state index >= 15 is 0 Å². The predicted molar refractivity (Wildman–Crippen MR) is 156 cm³/mol. The summed E-state index contributed by atoms with van der Waals surface area (Å²) in [7, 11) is 2.11. The van der Waals surface area contributed by atoms with Crippen LogP contribution in [-0.4, -0.2) is 75.8 Å². The minimum atomic E-state index is -0.349. The van der Waals surface area contributed by atoms with Crippen LogP contribution < -0.4 is 15.6 Å². The van der Waals surface area contributed by atoms with Crippen molar-refractivity contribution < 1.29 is 14.3 Å². The van der Waals surface area contributed by atoms with Gasteiger partial charge in [0, 0.05) is 24.3 Å². The van der Waals surface area contributed by atoms with Crippen LogP contribution in [0.4, 0.5) is 5.69 Å². The number of H-pyrrole nitrogens is 2. The van der Waals surface area contributed by atoms with Crippen molar-refractivity contribution in [2.45, 2.75) is 25.4 Å². The third kappa shape index (κ3) is 5.14. The lowest BCUT2D eigenvalue weighted by Gasteiger charge is -2.34. The summed E-state index contributed by atoms with van der Waals surface area (Å²) in [6.07, 6.45) is 3.46. The first-order chi connectivity index (χ1) is 19.4. The zero-order valence-corrected chi connectivity index (χ0v) is 23.6. The second-order valence-corrected chi connectivity index (χ2v) is 11.1. The summed E-state index contributed by atoms with van der Waals surface area (Å²) in [4.78, 5) is 53.6. The Morgan fingerprint density at radius 2 is 1.98 bits per heavy atom. The number of nitrogens with one attached hydrogen (secondary N) is 3. The van der Waals surface area contributed by atoms with Crippen LogP contribution in [-0.2, 0) is 11.3 Å². The number of carbonyl (C=O) groups excluding carboxylic acids is 2. The summed E-state index contributed by atoms with van der Waals surface area (Å²) in [6.45, 7) is 2.41. The van der Waals surface area contributed by atoms with Crippen molar-refractivity contribution in [1.29, 1.82) is 0 Å². The number of ether oxygens (including phenoxy) is 1. The van der Waals surface area contributed by atoms with Crippen molar-refractivity contribution in [2.75, 3.05) is 38.6 Å². The molecule has 0 radical (unpaired) electrons. The third-order valence-electron chi connectivity index (χ3n) is 7.57. The number of imidazole rings is 1. The molecule has 0 unspecified atom stereocenters. The zero-order chi connectivity index (χ0) is 27.8. The number of Topliss-reactive ketones (excluding diaryl/α,β-unsaturated/α-hetero) is 1. The number of piperidine rings is 1. The predicted octanol–water partition coefficient (Wildman–Crippen LogP) is 3.79. The summed E-state index contributed by atoms with van der Waals surface area (Å²) < 4.78 is 6.37. The molecule has 6 rings (SSSR count). The van der Waals surface area contributed by atoms with Crippen molar-refractivity contribution in [3.05, 3.63) is 74.6 Å². The zero-order valence-electron chi connectivity index (χ0n) is 22.0. The molecule has 0 saturated carbocycles. The van der Waals surface area contributed by atoms with Gasteiger partial charge >= 0.3 is 0 Å². The van der Waals surface area contributed by atoms with E-state index in [1.54, 1.807) is 12.1 Å². The monoisotopic (exact) mass is 604 g/mol. The van der Waals surface area contributed by atoms with Gasteiger partial charge in [0.1, 0.15) is 23.7 Å². The molecule has 0 aliphatic carbocycles. The smallest absolute Gasteiger partial charge is 0.261 e. The van der Waals surface area contributed by atoms with Crippen LogP contribution in [0, 0.1) is 0 Å². The van der Waals surface area contributed by atoms with Crippen LogP contribution in [0.15, 0.2) is 57.9 Å². The number of aromatic nitrogens is 3. The van der Waals surface area contributed by atoms with Crippen molar-refractivity contribution in [2.24, 2.45) is 0 Å². The van der Waals surface area contributed by atoms with E-state index in [1.807, 2.05) is 35.2 Å². The lowest BCUT2D eigenvalue weighted by Crippen LogP contribution is -2.43. The number of hydrogen-bond donors (Lipinski definition) is 3. The molecule has 1 amide bonds. The first kappa shape index (κ1) is 26.3. The molecular formula is C29H29BrN6O4. The molecule has 4 heterocycles. The Hall–Kier alpha value is -3.96. The number of aromatic amines is 2. The topological polar surface area (TPSA) is 123 Å². The minimum absolute atomic E-state index is 0.0310. The highest BCUT2D eigenvalue weighted by molar-refractivity contribution is 9.10. The summed E-state index contributed by atoms with van der Waals surface area (Å²) in [5.74, 6) is 0.796. The van der Waals surface area contributed by atoms with Crippen molar-refractivity contribution in [3.63, 3.8) is 0 Å². The van der Waals surface area contributed by atoms with E-state index < -0.39 is 0 Å². The summed E-state index contributed by atoms with van der Waals surface area (Å²) in [5.41, 5.74) is 3.39. The number of likely N-dealkylation sites (tertiary alicyclic amines) is 1. The maximum absolute atomic E-state index is 13.3. The van der Waals surface area contributed by atoms with E-state index in [2.05, 4.69) is 48.1 Å². The molecule has 0 bridgehead atoms. The number of anilines is 1. The molecule has 0 atom stereocenters. The standard InChI is InChI=1S/C29H29BrN6O4/c1-35-10-7-18(8-11-35)36-15-17-12-23-24(13-20(17)29(36)39)34-27(33-23)26-22(6-9-31-28(26)38)32-14-19(37)16-40-25-5-3-2-4-21(25)30/h2-6,9,12-13,18H,7-8,10-11,14-16H2,1H3,(H,33,34)(H2,31,32,38). The highest BCUT2D eigenvalue weighted by Gasteiger charge is 2.34. The molecule has 1 fully saturated rings. The number of fused-ring (bicyclic) bond motifs is 2. The molecule has 2 aromatic heterocycles. The van der Waals surface area contributed by atoms with Gasteiger partial charge < -0.3 is 29.8 Å². The van der Waals surface area contributed by atoms with Crippen molar-refractivity contribution >= 4 is 44.3 Å². The number of carbonyl (C=O) groups is 2. The Morgan fingerprint density at radius 3 is 2.77 bits per heavy atom. The van der Waals surface area contributed by atoms with Gasteiger partial charge in [-0.25, -0.2) is 4.98 Å². The van der Waals surface area contributed by atoms with Crippen LogP contribution >= 0.6 is 15.9 Å². The van der Waals surface area contributed by atoms with Gasteiger partial charge in [-0.2, -0.15) is 0 Å². The van der Waals surface area contributed by atoms with Gasteiger partial charge in [-0.1, -0.05) is 12.1 Å². The Morgan fingerprint density at radius 1 is 1.18 bits per heavy atom. The molecule has 206 valence electrons. The number of nitrogens with zero attached hydrogens (tertiary/aromatic N) is 3. The van der Waals surface area contributed by atoms with Crippen LogP contribution in [0.25, 0.3) is 22.4 Å². The highest BCUT2D eigenvalue weighted by Crippen LogP contribution is 2.32. The average Bonchev–Trinajstić information content (AvgIpc) is 3.50. The molecule has 11 heteroatoms. The van der Waals surface area contributed by atoms with E-state index in [9.17, 15) is 14.4 Å². The highest BCUT2D eigenvalue weighted by atomic mass is 79.9. The van der Waals surface area contributed by atoms with Crippen LogP contribution in [0.3, 0.4) is 0 Å². The summed E-state index contributed by atoms with van der Waals surface area (Å²) >= 11 is 3.40. The second-order valence-electron chi connectivity index (χ2n) is 10.3. The Balaban J connectivity index is 1.19. The number of hydrogen-bond acceptors (Lipinski definition) is 7. The maximum Gasteiger partial charge on any atom is 0.261 e. The van der Waals surface area contributed by atoms with Gasteiger partial charge in [0.2, 0.25) is 0 Å². The van der Waals surface area contributed by atoms with E-state index in [0.29, 0.717) is 34.9 Å². The number of rotatable bonds is 8. The first-order valence-corrected chi connectivity index (χ1v) is 14.0. The van der Waals surface area contributed by atoms with Gasteiger partial charge in [-0.3, -0.25) is 14.4 Å². The fourth-order valence-electron chi connectivity index (χ4n) is 5.39. The Bertz CT molecular complexity index is 1660. The molecule has 10 nitrogen and oxygen atoms in total. The van der Waals surface area contributed by atoms with Crippen LogP contribution in [0.5, 0.6) is 5.75 Å². The molecular weight excluding hydrogens is 576 g/mol. The fourth-order valence-corrected chi connectivity index (χ4v) is 5.79. The largest absolute Gasteiger partial charge is 0.485 e. The average molecular weight is 605 g/mol. The van der Waals surface area contributed by atoms with Crippen LogP contribution in [0.2, 0.25) is 0 Å². The van der Waals surface area contributed by atoms with Crippen molar-refractivity contribution in [3.8, 4) is 17.1 Å². The molecule has 1 saturated heterocycles. The van der Waals surface area contributed by atoms with Gasteiger partial charge in [-0.05, 0) is 84.8 Å². The van der Waals surface area contributed by atoms with E-state index in [1.165, 1.54) is 6.20 Å². The minimum Gasteiger partial charge on any atom is -0.485 e. The third-order valence-corrected chi connectivity index (χ3v) is 8.22. The Kier molecular flexibility index (Phi) is 7.16. The van der Waals surface area contributed by atoms with Gasteiger partial charge in [0.05, 0.1) is 27.7 Å². The Labute approximate surface area is 238 Å². The lowest BCUT2D eigenvalue weighted by atomic mass is 10.0. The normalized spacial score (nSPS) is 15.9. The lowest BCUT2D eigenvalue weighted by molar-refractivity contribution is -0.119. The number of ketones is 1. The van der Waals surface area contributed by atoms with Crippen molar-refractivity contribution in [1.82, 2.24) is 24.8 Å². The molecule has 2 aliphatic rings. The van der Waals surface area contributed by atoms with Gasteiger partial charge in [-0.15, -0.1) is 0 Å². The second kappa shape index (κ2) is 10.9. The molecule has 40 heavy (non-hydrogen) atoms. The molecule has 0 spiro atoms. The molecule has 3 N–H and O–H groups in total. The van der Waals surface area contributed by atoms with Gasteiger partial charge in [0.15, 0.2) is 5.78 Å². The SMILES string of the molecule is CN1CCC(N2Cc3cc4[nH]c(-c5c(NCC(=O)COc6ccccc6Br)cc[nH]c5=O)nc4cc3C2=O)CC1. The molecule has 2 aliphatic heterocycles. The summed E-state index contributed by atoms with van der Waals surface area (Å²) in [6, 6.07) is 13.0. The number of pyridine rings is 1. The number of halogens is 1. The molecule has 4 aromatic rings. The quantitative estimate of drug-likeness (QED) is 0.279. The summed E-state index contributed by atoms with van der Waals surface area (Å²) in [5, 5.41) is 3.06. The number of para-hydroxylation sites is 1. The van der Waals surface area contributed by atoms with E-state index in [0.717, 1.165) is 41.5 Å². The maximum atomic E-state index is 13.3. The first-order valence-electron chi connectivity index (χ1n) is 13.2. The van der Waals surface area contributed by atoms with Gasteiger partial charge in [0.25, 0.3) is 11.5 Å². The van der Waals surface area contributed by atoms with E-state index in [-0.39, 0.29) is 42.0 Å². The number of benzene rings is 2. The van der Waals surface area contributed by atoms with Crippen LogP contribution in [0.1, 0.15) is 28.8 Å². The number of amides is 1.